The third kappa shape index (κ3) is 2.65. The molecule has 0 spiro atoms. The fourth-order valence-electron chi connectivity index (χ4n) is 2.53. The number of nitrogen functional groups attached to an aromatic ring is 1. The van der Waals surface area contributed by atoms with Crippen molar-refractivity contribution in [3.63, 3.8) is 0 Å². The SMILES string of the molecule is Cc1ccc(N)c(-c2nnnn2CC2CCCCO2)c1. The zero-order chi connectivity index (χ0) is 13.9. The van der Waals surface area contributed by atoms with Crippen LogP contribution in [0.3, 0.4) is 0 Å². The Balaban J connectivity index is 1.87. The molecule has 1 aromatic carbocycles. The van der Waals surface area contributed by atoms with Crippen molar-refractivity contribution in [2.24, 2.45) is 0 Å². The van der Waals surface area contributed by atoms with Crippen LogP contribution in [0.5, 0.6) is 0 Å². The third-order valence-corrected chi connectivity index (χ3v) is 3.63. The maximum atomic E-state index is 6.04. The molecular formula is C14H19N5O. The van der Waals surface area contributed by atoms with Crippen molar-refractivity contribution in [1.82, 2.24) is 20.2 Å². The van der Waals surface area contributed by atoms with Crippen LogP contribution in [0, 0.1) is 6.92 Å². The summed E-state index contributed by atoms with van der Waals surface area (Å²) in [4.78, 5) is 0. The van der Waals surface area contributed by atoms with Gasteiger partial charge in [-0.05, 0) is 48.7 Å². The van der Waals surface area contributed by atoms with Gasteiger partial charge in [0.2, 0.25) is 0 Å². The zero-order valence-corrected chi connectivity index (χ0v) is 11.6. The average molecular weight is 273 g/mol. The van der Waals surface area contributed by atoms with E-state index < -0.39 is 0 Å². The Bertz CT molecular complexity index is 589. The van der Waals surface area contributed by atoms with Crippen LogP contribution in [0.15, 0.2) is 18.2 Å². The molecule has 1 aromatic heterocycles. The molecule has 1 saturated heterocycles. The molecule has 1 fully saturated rings. The minimum atomic E-state index is 0.192. The van der Waals surface area contributed by atoms with Gasteiger partial charge in [-0.1, -0.05) is 11.6 Å². The number of benzene rings is 1. The summed E-state index contributed by atoms with van der Waals surface area (Å²) >= 11 is 0. The van der Waals surface area contributed by atoms with Crippen LogP contribution in [0.1, 0.15) is 24.8 Å². The smallest absolute Gasteiger partial charge is 0.184 e. The molecule has 0 amide bonds. The molecule has 2 heterocycles. The lowest BCUT2D eigenvalue weighted by molar-refractivity contribution is 0.00398. The number of aryl methyl sites for hydroxylation is 1. The van der Waals surface area contributed by atoms with Crippen LogP contribution in [-0.2, 0) is 11.3 Å². The number of hydrogen-bond acceptors (Lipinski definition) is 5. The summed E-state index contributed by atoms with van der Waals surface area (Å²) < 4.78 is 7.54. The molecule has 3 rings (SSSR count). The molecule has 6 nitrogen and oxygen atoms in total. The quantitative estimate of drug-likeness (QED) is 0.863. The monoisotopic (exact) mass is 273 g/mol. The Kier molecular flexibility index (Phi) is 3.64. The number of nitrogens with two attached hydrogens (primary N) is 1. The number of aromatic nitrogens is 4. The molecule has 1 aliphatic rings. The largest absolute Gasteiger partial charge is 0.398 e. The highest BCUT2D eigenvalue weighted by atomic mass is 16.5. The van der Waals surface area contributed by atoms with Crippen molar-refractivity contribution in [2.75, 3.05) is 12.3 Å². The second kappa shape index (κ2) is 5.58. The maximum absolute atomic E-state index is 6.04. The number of ether oxygens (including phenoxy) is 1. The first-order valence-electron chi connectivity index (χ1n) is 6.98. The van der Waals surface area contributed by atoms with E-state index >= 15 is 0 Å². The molecule has 1 atom stereocenters. The van der Waals surface area contributed by atoms with Gasteiger partial charge >= 0.3 is 0 Å². The highest BCUT2D eigenvalue weighted by Gasteiger charge is 2.19. The highest BCUT2D eigenvalue weighted by molar-refractivity contribution is 5.72. The second-order valence-corrected chi connectivity index (χ2v) is 5.26. The van der Waals surface area contributed by atoms with E-state index in [1.54, 1.807) is 4.68 Å². The fourth-order valence-corrected chi connectivity index (χ4v) is 2.53. The Hall–Kier alpha value is -1.95. The summed E-state index contributed by atoms with van der Waals surface area (Å²) in [6.07, 6.45) is 3.60. The van der Waals surface area contributed by atoms with Crippen LogP contribution in [0.2, 0.25) is 0 Å². The standard InChI is InChI=1S/C14H19N5O/c1-10-5-6-13(15)12(8-10)14-16-17-18-19(14)9-11-4-2-3-7-20-11/h5-6,8,11H,2-4,7,9,15H2,1H3. The molecular weight excluding hydrogens is 254 g/mol. The highest BCUT2D eigenvalue weighted by Crippen LogP contribution is 2.25. The van der Waals surface area contributed by atoms with Gasteiger partial charge in [-0.15, -0.1) is 5.10 Å². The normalized spacial score (nSPS) is 19.1. The van der Waals surface area contributed by atoms with Gasteiger partial charge in [0.05, 0.1) is 12.6 Å². The second-order valence-electron chi connectivity index (χ2n) is 5.26. The fraction of sp³-hybridized carbons (Fsp3) is 0.500. The van der Waals surface area contributed by atoms with Crippen molar-refractivity contribution < 1.29 is 4.74 Å². The maximum Gasteiger partial charge on any atom is 0.184 e. The van der Waals surface area contributed by atoms with E-state index in [4.69, 9.17) is 10.5 Å². The molecule has 2 N–H and O–H groups in total. The van der Waals surface area contributed by atoms with Crippen LogP contribution in [0.4, 0.5) is 5.69 Å². The molecule has 0 radical (unpaired) electrons. The van der Waals surface area contributed by atoms with E-state index in [-0.39, 0.29) is 6.10 Å². The number of tetrazole rings is 1. The van der Waals surface area contributed by atoms with Crippen molar-refractivity contribution in [3.8, 4) is 11.4 Å². The Morgan fingerprint density at radius 3 is 3.10 bits per heavy atom. The number of rotatable bonds is 3. The molecule has 106 valence electrons. The van der Waals surface area contributed by atoms with Crippen LogP contribution >= 0.6 is 0 Å². The van der Waals surface area contributed by atoms with E-state index in [2.05, 4.69) is 15.5 Å². The summed E-state index contributed by atoms with van der Waals surface area (Å²) in [7, 11) is 0. The molecule has 6 heteroatoms. The predicted octanol–water partition coefficient (Wildman–Crippen LogP) is 1.80. The van der Waals surface area contributed by atoms with E-state index in [0.717, 1.165) is 30.6 Å². The zero-order valence-electron chi connectivity index (χ0n) is 11.6. The van der Waals surface area contributed by atoms with Gasteiger partial charge in [-0.25, -0.2) is 4.68 Å². The Morgan fingerprint density at radius 2 is 2.30 bits per heavy atom. The van der Waals surface area contributed by atoms with Gasteiger partial charge in [-0.3, -0.25) is 0 Å². The lowest BCUT2D eigenvalue weighted by atomic mass is 10.1. The van der Waals surface area contributed by atoms with E-state index in [1.807, 2.05) is 25.1 Å². The molecule has 1 aliphatic heterocycles. The van der Waals surface area contributed by atoms with Gasteiger partial charge in [0.1, 0.15) is 0 Å². The van der Waals surface area contributed by atoms with E-state index in [1.165, 1.54) is 6.42 Å². The number of anilines is 1. The van der Waals surface area contributed by atoms with Crippen LogP contribution in [0.25, 0.3) is 11.4 Å². The van der Waals surface area contributed by atoms with Gasteiger partial charge in [0.25, 0.3) is 0 Å². The Morgan fingerprint density at radius 1 is 1.40 bits per heavy atom. The average Bonchev–Trinajstić information content (AvgIpc) is 2.91. The van der Waals surface area contributed by atoms with E-state index in [0.29, 0.717) is 18.1 Å². The summed E-state index contributed by atoms with van der Waals surface area (Å²) in [6.45, 7) is 3.53. The minimum absolute atomic E-state index is 0.192. The first-order valence-corrected chi connectivity index (χ1v) is 6.98. The lowest BCUT2D eigenvalue weighted by Gasteiger charge is -2.22. The van der Waals surface area contributed by atoms with Gasteiger partial charge < -0.3 is 10.5 Å². The summed E-state index contributed by atoms with van der Waals surface area (Å²) in [5.74, 6) is 0.709. The van der Waals surface area contributed by atoms with Crippen molar-refractivity contribution in [3.05, 3.63) is 23.8 Å². The molecule has 20 heavy (non-hydrogen) atoms. The first-order chi connectivity index (χ1) is 9.74. The molecule has 2 aromatic rings. The first kappa shape index (κ1) is 13.1. The predicted molar refractivity (Wildman–Crippen MR) is 76.0 cm³/mol. The number of nitrogens with zero attached hydrogens (tertiary/aromatic N) is 4. The number of hydrogen-bond donors (Lipinski definition) is 1. The van der Waals surface area contributed by atoms with Gasteiger partial charge in [-0.2, -0.15) is 0 Å². The lowest BCUT2D eigenvalue weighted by Crippen LogP contribution is -2.25. The summed E-state index contributed by atoms with van der Waals surface area (Å²) in [6, 6.07) is 5.89. The topological polar surface area (TPSA) is 78.9 Å². The van der Waals surface area contributed by atoms with Gasteiger partial charge in [0.15, 0.2) is 5.82 Å². The third-order valence-electron chi connectivity index (χ3n) is 3.63. The molecule has 0 aliphatic carbocycles. The van der Waals surface area contributed by atoms with Crippen molar-refractivity contribution >= 4 is 5.69 Å². The Labute approximate surface area is 117 Å². The van der Waals surface area contributed by atoms with Crippen molar-refractivity contribution in [1.29, 1.82) is 0 Å². The summed E-state index contributed by atoms with van der Waals surface area (Å²) in [5.41, 5.74) is 8.75. The minimum Gasteiger partial charge on any atom is -0.398 e. The van der Waals surface area contributed by atoms with E-state index in [9.17, 15) is 0 Å². The molecule has 1 unspecified atom stereocenters. The molecule has 0 saturated carbocycles. The van der Waals surface area contributed by atoms with Crippen LogP contribution in [-0.4, -0.2) is 32.9 Å². The van der Waals surface area contributed by atoms with Crippen LogP contribution < -0.4 is 5.73 Å². The van der Waals surface area contributed by atoms with Gasteiger partial charge in [0, 0.05) is 17.9 Å². The van der Waals surface area contributed by atoms with Crippen molar-refractivity contribution in [2.45, 2.75) is 38.8 Å². The summed E-state index contributed by atoms with van der Waals surface area (Å²) in [5, 5.41) is 12.0. The molecule has 0 bridgehead atoms.